The molecule has 5 rings (SSSR count). The molecule has 1 aliphatic heterocycles. The summed E-state index contributed by atoms with van der Waals surface area (Å²) >= 11 is 0. The van der Waals surface area contributed by atoms with Gasteiger partial charge in [-0.3, -0.25) is 4.79 Å². The van der Waals surface area contributed by atoms with Gasteiger partial charge in [0.2, 0.25) is 5.88 Å². The van der Waals surface area contributed by atoms with Crippen LogP contribution in [0, 0.1) is 24.6 Å². The highest BCUT2D eigenvalue weighted by atomic mass is 19.4. The van der Waals surface area contributed by atoms with Gasteiger partial charge in [-0.25, -0.2) is 24.3 Å². The first-order valence-corrected chi connectivity index (χ1v) is 11.1. The third-order valence-electron chi connectivity index (χ3n) is 6.37. The van der Waals surface area contributed by atoms with E-state index in [0.717, 1.165) is 6.42 Å². The zero-order chi connectivity index (χ0) is 24.7. The van der Waals surface area contributed by atoms with Gasteiger partial charge in [-0.2, -0.15) is 13.2 Å². The van der Waals surface area contributed by atoms with Gasteiger partial charge in [0.1, 0.15) is 12.3 Å². The monoisotopic (exact) mass is 487 g/mol. The lowest BCUT2D eigenvalue weighted by atomic mass is 10.0. The Morgan fingerprint density at radius 1 is 1.14 bits per heavy atom. The molecule has 2 fully saturated rings. The van der Waals surface area contributed by atoms with Crippen molar-refractivity contribution in [1.29, 1.82) is 0 Å². The molecule has 11 heteroatoms. The van der Waals surface area contributed by atoms with Crippen LogP contribution in [0.2, 0.25) is 0 Å². The van der Waals surface area contributed by atoms with Crippen LogP contribution < -0.4 is 4.74 Å². The molecule has 3 atom stereocenters. The number of ether oxygens (including phenoxy) is 1. The maximum Gasteiger partial charge on any atom is 0.417 e. The predicted molar refractivity (Wildman–Crippen MR) is 116 cm³/mol. The molecule has 0 bridgehead atoms. The number of piperidine rings is 1. The largest absolute Gasteiger partial charge is 0.473 e. The van der Waals surface area contributed by atoms with E-state index < -0.39 is 29.5 Å². The van der Waals surface area contributed by atoms with E-state index in [4.69, 9.17) is 4.74 Å². The Morgan fingerprint density at radius 2 is 1.91 bits per heavy atom. The zero-order valence-corrected chi connectivity index (χ0v) is 18.7. The summed E-state index contributed by atoms with van der Waals surface area (Å²) in [6.07, 6.45) is 0.594. The van der Waals surface area contributed by atoms with Gasteiger partial charge in [-0.1, -0.05) is 0 Å². The van der Waals surface area contributed by atoms with Crippen molar-refractivity contribution in [3.05, 3.63) is 65.6 Å². The van der Waals surface area contributed by atoms with Gasteiger partial charge in [0.25, 0.3) is 5.91 Å². The number of nitrogens with zero attached hydrogens (tertiary/aromatic N) is 5. The molecule has 4 heterocycles. The summed E-state index contributed by atoms with van der Waals surface area (Å²) in [5, 5.41) is 0. The highest BCUT2D eigenvalue weighted by Gasteiger charge is 2.48. The molecule has 182 valence electrons. The second-order valence-corrected chi connectivity index (χ2v) is 8.84. The third-order valence-corrected chi connectivity index (χ3v) is 6.37. The van der Waals surface area contributed by atoms with E-state index in [1.54, 1.807) is 42.4 Å². The Morgan fingerprint density at radius 3 is 2.63 bits per heavy atom. The zero-order valence-electron chi connectivity index (χ0n) is 18.7. The maximum atomic E-state index is 14.2. The first-order chi connectivity index (χ1) is 16.7. The Labute approximate surface area is 198 Å². The van der Waals surface area contributed by atoms with Crippen molar-refractivity contribution < 1.29 is 27.1 Å². The summed E-state index contributed by atoms with van der Waals surface area (Å²) in [5.74, 6) is -0.890. The lowest BCUT2D eigenvalue weighted by Crippen LogP contribution is -2.48. The quantitative estimate of drug-likeness (QED) is 0.499. The third kappa shape index (κ3) is 4.80. The first kappa shape index (κ1) is 23.1. The Kier molecular flexibility index (Phi) is 5.86. The van der Waals surface area contributed by atoms with E-state index in [-0.39, 0.29) is 18.2 Å². The number of carbonyl (C=O) groups excluding carboxylic acids is 1. The van der Waals surface area contributed by atoms with Gasteiger partial charge in [-0.15, -0.1) is 0 Å². The maximum absolute atomic E-state index is 14.2. The molecule has 1 amide bonds. The number of halogens is 4. The van der Waals surface area contributed by atoms with E-state index in [1.165, 1.54) is 0 Å². The van der Waals surface area contributed by atoms with Crippen LogP contribution in [0.1, 0.15) is 34.6 Å². The molecule has 3 aromatic rings. The number of likely N-dealkylation sites (tertiary alicyclic amines) is 1. The second-order valence-electron chi connectivity index (χ2n) is 8.84. The fourth-order valence-corrected chi connectivity index (χ4v) is 4.44. The summed E-state index contributed by atoms with van der Waals surface area (Å²) in [5.41, 5.74) is 0.158. The van der Waals surface area contributed by atoms with Crippen molar-refractivity contribution in [3.8, 4) is 17.3 Å². The summed E-state index contributed by atoms with van der Waals surface area (Å²) in [4.78, 5) is 31.8. The average Bonchev–Trinajstić information content (AvgIpc) is 3.60. The van der Waals surface area contributed by atoms with Gasteiger partial charge >= 0.3 is 6.18 Å². The van der Waals surface area contributed by atoms with E-state index in [1.807, 2.05) is 0 Å². The van der Waals surface area contributed by atoms with Crippen molar-refractivity contribution in [2.24, 2.45) is 11.8 Å². The molecule has 0 unspecified atom stereocenters. The van der Waals surface area contributed by atoms with Gasteiger partial charge in [0, 0.05) is 30.8 Å². The average molecular weight is 487 g/mol. The Hall–Kier alpha value is -3.63. The highest BCUT2D eigenvalue weighted by Crippen LogP contribution is 2.47. The summed E-state index contributed by atoms with van der Waals surface area (Å²) in [7, 11) is 0. The Balaban J connectivity index is 1.39. The molecule has 2 aliphatic rings. The lowest BCUT2D eigenvalue weighted by molar-refractivity contribution is -0.138. The van der Waals surface area contributed by atoms with Crippen molar-refractivity contribution in [2.75, 3.05) is 13.2 Å². The molecule has 0 radical (unpaired) electrons. The number of hydrogen-bond acceptors (Lipinski definition) is 6. The smallest absolute Gasteiger partial charge is 0.417 e. The topological polar surface area (TPSA) is 81.1 Å². The van der Waals surface area contributed by atoms with Crippen molar-refractivity contribution in [2.45, 2.75) is 32.0 Å². The molecule has 35 heavy (non-hydrogen) atoms. The van der Waals surface area contributed by atoms with Crippen LogP contribution in [0.15, 0.2) is 42.9 Å². The van der Waals surface area contributed by atoms with Crippen LogP contribution in [-0.2, 0) is 6.18 Å². The number of aromatic nitrogens is 4. The number of amides is 1. The number of aryl methyl sites for hydroxylation is 1. The molecule has 0 N–H and O–H groups in total. The minimum Gasteiger partial charge on any atom is -0.473 e. The Bertz CT molecular complexity index is 1250. The van der Waals surface area contributed by atoms with Crippen LogP contribution in [0.3, 0.4) is 0 Å². The van der Waals surface area contributed by atoms with Gasteiger partial charge < -0.3 is 9.64 Å². The molecule has 3 aromatic heterocycles. The van der Waals surface area contributed by atoms with Gasteiger partial charge in [0.05, 0.1) is 17.2 Å². The van der Waals surface area contributed by atoms with Crippen LogP contribution in [0.5, 0.6) is 5.88 Å². The molecule has 1 saturated heterocycles. The molecular weight excluding hydrogens is 466 g/mol. The fraction of sp³-hybridized carbons (Fsp3) is 0.375. The van der Waals surface area contributed by atoms with Gasteiger partial charge in [-0.05, 0) is 55.9 Å². The van der Waals surface area contributed by atoms with E-state index in [2.05, 4.69) is 19.9 Å². The highest BCUT2D eigenvalue weighted by molar-refractivity contribution is 5.98. The molecular formula is C24H21F4N5O2. The SMILES string of the molecule is Cc1ccc(-c2ncccn2)c(C(=O)N2C[C@@H]3C[C@@H]3C[C@H]2COc2ncc(C(F)(F)F)cc2F)n1. The standard InChI is InChI=1S/C24H21F4N5O2/c1-13-3-4-18(21-29-5-2-6-30-21)20(32-13)23(34)33-11-15-7-14(15)8-17(33)12-35-22-19(25)9-16(10-31-22)24(26,27)28/h2-6,9-10,14-15,17H,7-8,11-12H2,1H3/t14-,15+,17+/m1/s1. The van der Waals surface area contributed by atoms with Crippen LogP contribution in [0.25, 0.3) is 11.4 Å². The minimum absolute atomic E-state index is 0.104. The number of pyridine rings is 2. The molecule has 0 aromatic carbocycles. The lowest BCUT2D eigenvalue weighted by Gasteiger charge is -2.35. The molecule has 1 saturated carbocycles. The number of carbonyl (C=O) groups is 1. The fourth-order valence-electron chi connectivity index (χ4n) is 4.44. The second kappa shape index (κ2) is 8.86. The first-order valence-electron chi connectivity index (χ1n) is 11.1. The van der Waals surface area contributed by atoms with Crippen LogP contribution in [-0.4, -0.2) is 49.9 Å². The number of fused-ring (bicyclic) bond motifs is 1. The minimum atomic E-state index is -4.71. The van der Waals surface area contributed by atoms with Gasteiger partial charge in [0.15, 0.2) is 11.6 Å². The van der Waals surface area contributed by atoms with Crippen molar-refractivity contribution in [3.63, 3.8) is 0 Å². The predicted octanol–water partition coefficient (Wildman–Crippen LogP) is 4.33. The van der Waals surface area contributed by atoms with E-state index in [9.17, 15) is 22.4 Å². The van der Waals surface area contributed by atoms with Crippen LogP contribution in [0.4, 0.5) is 17.6 Å². The molecule has 1 aliphatic carbocycles. The molecule has 7 nitrogen and oxygen atoms in total. The van der Waals surface area contributed by atoms with Crippen molar-refractivity contribution in [1.82, 2.24) is 24.8 Å². The van der Waals surface area contributed by atoms with E-state index in [0.29, 0.717) is 54.1 Å². The summed E-state index contributed by atoms with van der Waals surface area (Å²) in [6.45, 7) is 2.16. The molecule has 0 spiro atoms. The number of rotatable bonds is 5. The van der Waals surface area contributed by atoms with Crippen molar-refractivity contribution >= 4 is 5.91 Å². The van der Waals surface area contributed by atoms with E-state index >= 15 is 0 Å². The number of alkyl halides is 3. The van der Waals surface area contributed by atoms with Crippen LogP contribution >= 0.6 is 0 Å². The summed E-state index contributed by atoms with van der Waals surface area (Å²) < 4.78 is 58.1. The number of hydrogen-bond donors (Lipinski definition) is 0. The normalized spacial score (nSPS) is 21.4. The summed E-state index contributed by atoms with van der Waals surface area (Å²) in [6, 6.07) is 5.14.